The topological polar surface area (TPSA) is 155 Å². The maximum atomic E-state index is 12.9. The molecule has 0 aliphatic heterocycles. The summed E-state index contributed by atoms with van der Waals surface area (Å²) in [5.74, 6) is -1.57. The Labute approximate surface area is 449 Å². The van der Waals surface area contributed by atoms with Crippen molar-refractivity contribution in [3.05, 3.63) is 134 Å². The zero-order valence-electron chi connectivity index (χ0n) is 46.0. The molecule has 3 atom stereocenters. The second-order valence-corrected chi connectivity index (χ2v) is 19.4. The molecule has 74 heavy (non-hydrogen) atoms. The average molecular weight is 1050 g/mol. The lowest BCUT2D eigenvalue weighted by atomic mass is 10.1. The van der Waals surface area contributed by atoms with Gasteiger partial charge in [0.05, 0.1) is 19.8 Å². The number of ether oxygens (including phenoxy) is 3. The molecule has 11 nitrogen and oxygen atoms in total. The Morgan fingerprint density at radius 2 is 0.662 bits per heavy atom. The zero-order chi connectivity index (χ0) is 54.1. The number of allylic oxidation sites excluding steroid dienone is 22. The molecule has 2 N–H and O–H groups in total. The van der Waals surface area contributed by atoms with Crippen LogP contribution in [0.5, 0.6) is 0 Å². The fourth-order valence-electron chi connectivity index (χ4n) is 6.88. The van der Waals surface area contributed by atoms with Gasteiger partial charge in [-0.1, -0.05) is 187 Å². The van der Waals surface area contributed by atoms with Crippen molar-refractivity contribution >= 4 is 25.7 Å². The average Bonchev–Trinajstić information content (AvgIpc) is 3.39. The Morgan fingerprint density at radius 1 is 0.378 bits per heavy atom. The second kappa shape index (κ2) is 54.9. The zero-order valence-corrected chi connectivity index (χ0v) is 46.9. The third-order valence-electron chi connectivity index (χ3n) is 11.1. The van der Waals surface area contributed by atoms with Crippen LogP contribution in [0.25, 0.3) is 0 Å². The third-order valence-corrected chi connectivity index (χ3v) is 12.0. The summed E-state index contributed by atoms with van der Waals surface area (Å²) in [5, 5.41) is 9.81. The Hall–Kier alpha value is -4.38. The number of rotatable bonds is 50. The number of phosphoric ester groups is 1. The van der Waals surface area contributed by atoms with E-state index < -0.39 is 57.8 Å². The minimum Gasteiger partial charge on any atom is -0.462 e. The molecule has 418 valence electrons. The van der Waals surface area contributed by atoms with E-state index in [9.17, 15) is 28.9 Å². The lowest BCUT2D eigenvalue weighted by molar-refractivity contribution is -0.161. The molecule has 0 saturated heterocycles. The first-order chi connectivity index (χ1) is 36.2. The van der Waals surface area contributed by atoms with Crippen molar-refractivity contribution in [3.63, 3.8) is 0 Å². The fraction of sp³-hybridized carbons (Fsp3) is 0.597. The molecule has 0 aliphatic rings. The van der Waals surface area contributed by atoms with Gasteiger partial charge < -0.3 is 24.2 Å². The standard InChI is InChI=1S/C62H99O11P/c1-4-7-10-13-16-19-22-25-27-28-29-30-32-35-38-41-44-47-50-53-62(66)73-59(55-69-60(64)51-48-45-42-39-36-33-24-21-18-15-12-9-6-3)57-71-74(67,68)70-56-58(54-63)72-61(65)52-49-46-43-40-37-34-31-26-23-20-17-14-11-8-5-2/h7-12,16-21,25-27,29-31,33,35-36,38,58-59,63H,4-6,13-15,22-24,28,32,34,37,39-57H2,1-3H3,(H,67,68)/b10-7-,11-8-,12-9-,19-16-,20-17-,21-18-,27-25-,30-29-,31-26-,36-33-,38-35-. The molecular weight excluding hydrogens is 952 g/mol. The van der Waals surface area contributed by atoms with E-state index in [2.05, 4.69) is 154 Å². The molecule has 0 aromatic heterocycles. The SMILES string of the molecule is CC/C=C\C/C=C\C/C=C\C/C=C\C/C=C\CCCCCC(=O)OC(COC(=O)CCCCC/C=C\C/C=C\C/C=C\CC)COP(=O)(O)OCC(CO)OC(=O)CCCCCCC/C=C\C/C=C\C/C=C\CC. The van der Waals surface area contributed by atoms with Crippen molar-refractivity contribution in [3.8, 4) is 0 Å². The predicted molar refractivity (Wildman–Crippen MR) is 306 cm³/mol. The molecule has 3 unspecified atom stereocenters. The van der Waals surface area contributed by atoms with Crippen molar-refractivity contribution in [1.29, 1.82) is 0 Å². The number of aliphatic hydroxyl groups is 1. The molecule has 0 aromatic carbocycles. The van der Waals surface area contributed by atoms with E-state index in [4.69, 9.17) is 23.3 Å². The van der Waals surface area contributed by atoms with Crippen LogP contribution in [-0.4, -0.2) is 66.5 Å². The third kappa shape index (κ3) is 52.5. The number of carbonyl (C=O) groups excluding carboxylic acids is 3. The minimum absolute atomic E-state index is 0.113. The summed E-state index contributed by atoms with van der Waals surface area (Å²) < 4.78 is 39.4. The van der Waals surface area contributed by atoms with Crippen molar-refractivity contribution in [1.82, 2.24) is 0 Å². The first kappa shape index (κ1) is 69.6. The van der Waals surface area contributed by atoms with Crippen molar-refractivity contribution < 1.29 is 52.2 Å². The number of carbonyl (C=O) groups is 3. The smallest absolute Gasteiger partial charge is 0.462 e. The highest BCUT2D eigenvalue weighted by molar-refractivity contribution is 7.47. The molecule has 0 aliphatic carbocycles. The molecule has 12 heteroatoms. The minimum atomic E-state index is -4.78. The molecule has 0 radical (unpaired) electrons. The number of hydrogen-bond donors (Lipinski definition) is 2. The second-order valence-electron chi connectivity index (χ2n) is 18.0. The quantitative estimate of drug-likeness (QED) is 0.0197. The van der Waals surface area contributed by atoms with Crippen LogP contribution < -0.4 is 0 Å². The molecular formula is C62H99O11P. The number of aliphatic hydroxyl groups excluding tert-OH is 1. The van der Waals surface area contributed by atoms with E-state index >= 15 is 0 Å². The molecule has 0 aromatic rings. The van der Waals surface area contributed by atoms with Crippen LogP contribution >= 0.6 is 7.82 Å². The number of phosphoric acid groups is 1. The number of esters is 3. The molecule has 0 bridgehead atoms. The van der Waals surface area contributed by atoms with E-state index in [0.29, 0.717) is 19.3 Å². The van der Waals surface area contributed by atoms with E-state index in [-0.39, 0.29) is 25.9 Å². The van der Waals surface area contributed by atoms with Crippen LogP contribution in [0.1, 0.15) is 201 Å². The first-order valence-corrected chi connectivity index (χ1v) is 29.6. The first-order valence-electron chi connectivity index (χ1n) is 28.1. The van der Waals surface area contributed by atoms with Gasteiger partial charge in [0.15, 0.2) is 6.10 Å². The van der Waals surface area contributed by atoms with E-state index in [1.165, 1.54) is 0 Å². The van der Waals surface area contributed by atoms with Gasteiger partial charge in [-0.2, -0.15) is 0 Å². The molecule has 0 saturated carbocycles. The Kier molecular flexibility index (Phi) is 51.6. The van der Waals surface area contributed by atoms with Crippen LogP contribution in [-0.2, 0) is 42.2 Å². The van der Waals surface area contributed by atoms with Crippen LogP contribution in [0.15, 0.2) is 134 Å². The van der Waals surface area contributed by atoms with Gasteiger partial charge in [-0.3, -0.25) is 23.4 Å². The Balaban J connectivity index is 4.85. The molecule has 0 amide bonds. The maximum absolute atomic E-state index is 12.9. The van der Waals surface area contributed by atoms with Gasteiger partial charge in [-0.25, -0.2) is 4.57 Å². The van der Waals surface area contributed by atoms with Gasteiger partial charge in [0.25, 0.3) is 0 Å². The molecule has 0 spiro atoms. The number of unbranched alkanes of at least 4 members (excludes halogenated alkanes) is 11. The summed E-state index contributed by atoms with van der Waals surface area (Å²) in [6, 6.07) is 0. The maximum Gasteiger partial charge on any atom is 0.472 e. The predicted octanol–water partition coefficient (Wildman–Crippen LogP) is 16.6. The molecule has 0 heterocycles. The van der Waals surface area contributed by atoms with Gasteiger partial charge >= 0.3 is 25.7 Å². The largest absolute Gasteiger partial charge is 0.472 e. The fourth-order valence-corrected chi connectivity index (χ4v) is 7.66. The summed E-state index contributed by atoms with van der Waals surface area (Å²) >= 11 is 0. The highest BCUT2D eigenvalue weighted by Crippen LogP contribution is 2.43. The van der Waals surface area contributed by atoms with Crippen LogP contribution in [0.2, 0.25) is 0 Å². The van der Waals surface area contributed by atoms with E-state index in [0.717, 1.165) is 141 Å². The summed E-state index contributed by atoms with van der Waals surface area (Å²) in [6.07, 6.45) is 68.4. The molecule has 0 rings (SSSR count). The van der Waals surface area contributed by atoms with Crippen molar-refractivity contribution in [2.24, 2.45) is 0 Å². The highest BCUT2D eigenvalue weighted by Gasteiger charge is 2.28. The Bertz CT molecular complexity index is 1750. The van der Waals surface area contributed by atoms with Gasteiger partial charge in [0, 0.05) is 19.3 Å². The van der Waals surface area contributed by atoms with Crippen molar-refractivity contribution in [2.45, 2.75) is 213 Å². The van der Waals surface area contributed by atoms with Gasteiger partial charge in [-0.15, -0.1) is 0 Å². The van der Waals surface area contributed by atoms with Gasteiger partial charge in [0.2, 0.25) is 0 Å². The normalized spacial score (nSPS) is 14.4. The monoisotopic (exact) mass is 1050 g/mol. The summed E-state index contributed by atoms with van der Waals surface area (Å²) in [4.78, 5) is 48.5. The van der Waals surface area contributed by atoms with Gasteiger partial charge in [-0.05, 0) is 128 Å². The summed E-state index contributed by atoms with van der Waals surface area (Å²) in [5.41, 5.74) is 0. The molecule has 0 fully saturated rings. The number of hydrogen-bond acceptors (Lipinski definition) is 10. The van der Waals surface area contributed by atoms with Crippen LogP contribution in [0.3, 0.4) is 0 Å². The lowest BCUT2D eigenvalue weighted by Gasteiger charge is -2.21. The summed E-state index contributed by atoms with van der Waals surface area (Å²) in [7, 11) is -4.78. The highest BCUT2D eigenvalue weighted by atomic mass is 31.2. The van der Waals surface area contributed by atoms with E-state index in [1.807, 2.05) is 0 Å². The van der Waals surface area contributed by atoms with Crippen LogP contribution in [0.4, 0.5) is 0 Å². The van der Waals surface area contributed by atoms with Gasteiger partial charge in [0.1, 0.15) is 12.7 Å². The Morgan fingerprint density at radius 3 is 1.03 bits per heavy atom. The van der Waals surface area contributed by atoms with Crippen molar-refractivity contribution in [2.75, 3.05) is 26.4 Å². The van der Waals surface area contributed by atoms with Crippen LogP contribution in [0, 0.1) is 0 Å². The van der Waals surface area contributed by atoms with E-state index in [1.54, 1.807) is 0 Å². The lowest BCUT2D eigenvalue weighted by Crippen LogP contribution is -2.30. The summed E-state index contributed by atoms with van der Waals surface area (Å²) in [6.45, 7) is 4.18.